The number of urea groups is 1. The van der Waals surface area contributed by atoms with Gasteiger partial charge in [0.2, 0.25) is 0 Å². The van der Waals surface area contributed by atoms with E-state index in [0.717, 1.165) is 11.1 Å². The minimum absolute atomic E-state index is 0.543. The molecule has 0 bridgehead atoms. The summed E-state index contributed by atoms with van der Waals surface area (Å²) >= 11 is 0. The Kier molecular flexibility index (Phi) is 3.84. The zero-order chi connectivity index (χ0) is 14.7. The Morgan fingerprint density at radius 2 is 2.00 bits per heavy atom. The lowest BCUT2D eigenvalue weighted by atomic mass is 10.2. The molecule has 1 aromatic heterocycles. The lowest BCUT2D eigenvalue weighted by Gasteiger charge is -2.12. The molecule has 2 aromatic rings. The first-order chi connectivity index (χ1) is 9.47. The number of hydrogen-bond acceptors (Lipinski definition) is 3. The Morgan fingerprint density at radius 3 is 2.70 bits per heavy atom. The first kappa shape index (κ1) is 13.8. The van der Waals surface area contributed by atoms with Crippen LogP contribution in [0, 0.1) is 6.92 Å². The fourth-order valence-corrected chi connectivity index (χ4v) is 1.76. The van der Waals surface area contributed by atoms with Crippen LogP contribution in [0.3, 0.4) is 0 Å². The third-order valence-corrected chi connectivity index (χ3v) is 2.83. The van der Waals surface area contributed by atoms with Gasteiger partial charge in [-0.25, -0.2) is 4.79 Å². The summed E-state index contributed by atoms with van der Waals surface area (Å²) in [5.41, 5.74) is 2.05. The SMILES string of the molecule is Cc1ccc2cccc(NC(=O)N[C@@H](C)C(=O)O)c2n1. The van der Waals surface area contributed by atoms with E-state index in [0.29, 0.717) is 11.2 Å². The second-order valence-corrected chi connectivity index (χ2v) is 4.49. The number of pyridine rings is 1. The predicted molar refractivity (Wildman–Crippen MR) is 75.7 cm³/mol. The largest absolute Gasteiger partial charge is 0.480 e. The molecule has 1 heterocycles. The monoisotopic (exact) mass is 273 g/mol. The number of carbonyl (C=O) groups excluding carboxylic acids is 1. The normalized spacial score (nSPS) is 11.9. The summed E-state index contributed by atoms with van der Waals surface area (Å²) in [4.78, 5) is 26.8. The van der Waals surface area contributed by atoms with Crippen LogP contribution in [0.2, 0.25) is 0 Å². The van der Waals surface area contributed by atoms with E-state index in [4.69, 9.17) is 5.11 Å². The minimum Gasteiger partial charge on any atom is -0.480 e. The lowest BCUT2D eigenvalue weighted by molar-refractivity contribution is -0.138. The second kappa shape index (κ2) is 5.56. The van der Waals surface area contributed by atoms with Crippen molar-refractivity contribution in [2.24, 2.45) is 0 Å². The number of aliphatic carboxylic acids is 1. The Hall–Kier alpha value is -2.63. The van der Waals surface area contributed by atoms with E-state index in [1.54, 1.807) is 12.1 Å². The van der Waals surface area contributed by atoms with Crippen LogP contribution < -0.4 is 10.6 Å². The van der Waals surface area contributed by atoms with Crippen molar-refractivity contribution in [2.45, 2.75) is 19.9 Å². The molecular weight excluding hydrogens is 258 g/mol. The highest BCUT2D eigenvalue weighted by Gasteiger charge is 2.14. The number of benzene rings is 1. The summed E-state index contributed by atoms with van der Waals surface area (Å²) < 4.78 is 0. The van der Waals surface area contributed by atoms with Crippen LogP contribution in [0.15, 0.2) is 30.3 Å². The van der Waals surface area contributed by atoms with Crippen molar-refractivity contribution in [3.63, 3.8) is 0 Å². The summed E-state index contributed by atoms with van der Waals surface area (Å²) in [6.45, 7) is 3.26. The van der Waals surface area contributed by atoms with Gasteiger partial charge >= 0.3 is 12.0 Å². The number of carbonyl (C=O) groups is 2. The van der Waals surface area contributed by atoms with Crippen LogP contribution in [-0.2, 0) is 4.79 Å². The standard InChI is InChI=1S/C14H15N3O3/c1-8-6-7-10-4-3-5-11(12(10)15-8)17-14(20)16-9(2)13(18)19/h3-7,9H,1-2H3,(H,18,19)(H2,16,17,20)/t9-/m0/s1. The number of nitrogens with one attached hydrogen (secondary N) is 2. The molecule has 6 nitrogen and oxygen atoms in total. The first-order valence-corrected chi connectivity index (χ1v) is 6.14. The number of amides is 2. The molecule has 0 fully saturated rings. The average molecular weight is 273 g/mol. The Bertz CT molecular complexity index is 670. The van der Waals surface area contributed by atoms with Gasteiger partial charge in [-0.1, -0.05) is 18.2 Å². The van der Waals surface area contributed by atoms with Gasteiger partial charge in [0.15, 0.2) is 0 Å². The van der Waals surface area contributed by atoms with Gasteiger partial charge in [0, 0.05) is 11.1 Å². The summed E-state index contributed by atoms with van der Waals surface area (Å²) in [6.07, 6.45) is 0. The van der Waals surface area contributed by atoms with Crippen molar-refractivity contribution in [3.05, 3.63) is 36.0 Å². The molecule has 1 atom stereocenters. The molecule has 0 aliphatic rings. The van der Waals surface area contributed by atoms with Crippen LogP contribution in [0.25, 0.3) is 10.9 Å². The number of rotatable bonds is 3. The highest BCUT2D eigenvalue weighted by atomic mass is 16.4. The highest BCUT2D eigenvalue weighted by molar-refractivity contribution is 6.00. The lowest BCUT2D eigenvalue weighted by Crippen LogP contribution is -2.40. The molecule has 3 N–H and O–H groups in total. The van der Waals surface area contributed by atoms with Gasteiger partial charge in [-0.2, -0.15) is 0 Å². The van der Waals surface area contributed by atoms with E-state index >= 15 is 0 Å². The summed E-state index contributed by atoms with van der Waals surface area (Å²) in [5.74, 6) is -1.09. The molecule has 0 saturated heterocycles. The van der Waals surface area contributed by atoms with Gasteiger partial charge in [0.25, 0.3) is 0 Å². The molecule has 0 unspecified atom stereocenters. The third kappa shape index (κ3) is 3.03. The average Bonchev–Trinajstić information content (AvgIpc) is 2.39. The van der Waals surface area contributed by atoms with E-state index in [9.17, 15) is 9.59 Å². The fraction of sp³-hybridized carbons (Fsp3) is 0.214. The molecule has 0 radical (unpaired) electrons. The van der Waals surface area contributed by atoms with E-state index in [1.807, 2.05) is 25.1 Å². The zero-order valence-corrected chi connectivity index (χ0v) is 11.2. The quantitative estimate of drug-likeness (QED) is 0.799. The van der Waals surface area contributed by atoms with Gasteiger partial charge < -0.3 is 15.7 Å². The molecule has 6 heteroatoms. The van der Waals surface area contributed by atoms with E-state index < -0.39 is 18.0 Å². The van der Waals surface area contributed by atoms with Crippen molar-refractivity contribution in [2.75, 3.05) is 5.32 Å². The zero-order valence-electron chi connectivity index (χ0n) is 11.2. The number of carboxylic acid groups (broad SMARTS) is 1. The van der Waals surface area contributed by atoms with Gasteiger partial charge in [0.05, 0.1) is 11.2 Å². The molecule has 0 aliphatic heterocycles. The molecule has 1 aromatic carbocycles. The van der Waals surface area contributed by atoms with Crippen molar-refractivity contribution in [1.29, 1.82) is 0 Å². The number of nitrogens with zero attached hydrogens (tertiary/aromatic N) is 1. The Balaban J connectivity index is 2.23. The molecule has 0 saturated carbocycles. The number of fused-ring (bicyclic) bond motifs is 1. The number of carboxylic acids is 1. The van der Waals surface area contributed by atoms with Crippen LogP contribution in [0.5, 0.6) is 0 Å². The van der Waals surface area contributed by atoms with Crippen molar-refractivity contribution in [1.82, 2.24) is 10.3 Å². The van der Waals surface area contributed by atoms with E-state index in [1.165, 1.54) is 6.92 Å². The molecule has 20 heavy (non-hydrogen) atoms. The van der Waals surface area contributed by atoms with E-state index in [2.05, 4.69) is 15.6 Å². The van der Waals surface area contributed by atoms with Crippen LogP contribution in [0.4, 0.5) is 10.5 Å². The summed E-state index contributed by atoms with van der Waals surface area (Å²) in [7, 11) is 0. The maximum Gasteiger partial charge on any atom is 0.325 e. The van der Waals surface area contributed by atoms with Gasteiger partial charge in [0.1, 0.15) is 6.04 Å². The first-order valence-electron chi connectivity index (χ1n) is 6.14. The van der Waals surface area contributed by atoms with Crippen molar-refractivity contribution >= 4 is 28.6 Å². The molecule has 2 amide bonds. The molecule has 0 aliphatic carbocycles. The number of aryl methyl sites for hydroxylation is 1. The molecule has 104 valence electrons. The fourth-order valence-electron chi connectivity index (χ4n) is 1.76. The number of anilines is 1. The second-order valence-electron chi connectivity index (χ2n) is 4.49. The highest BCUT2D eigenvalue weighted by Crippen LogP contribution is 2.21. The van der Waals surface area contributed by atoms with Crippen LogP contribution >= 0.6 is 0 Å². The number of hydrogen-bond donors (Lipinski definition) is 3. The summed E-state index contributed by atoms with van der Waals surface area (Å²) in [6, 6.07) is 7.69. The third-order valence-electron chi connectivity index (χ3n) is 2.83. The topological polar surface area (TPSA) is 91.3 Å². The van der Waals surface area contributed by atoms with Gasteiger partial charge in [-0.15, -0.1) is 0 Å². The molecule has 2 rings (SSSR count). The van der Waals surface area contributed by atoms with E-state index in [-0.39, 0.29) is 0 Å². The maximum absolute atomic E-state index is 11.7. The summed E-state index contributed by atoms with van der Waals surface area (Å²) in [5, 5.41) is 14.6. The van der Waals surface area contributed by atoms with Gasteiger partial charge in [-0.3, -0.25) is 9.78 Å². The smallest absolute Gasteiger partial charge is 0.325 e. The van der Waals surface area contributed by atoms with Crippen LogP contribution in [0.1, 0.15) is 12.6 Å². The minimum atomic E-state index is -1.09. The number of para-hydroxylation sites is 1. The molecule has 0 spiro atoms. The van der Waals surface area contributed by atoms with Crippen molar-refractivity contribution in [3.8, 4) is 0 Å². The Labute approximate surface area is 115 Å². The predicted octanol–water partition coefficient (Wildman–Crippen LogP) is 2.14. The maximum atomic E-state index is 11.7. The number of aromatic nitrogens is 1. The van der Waals surface area contributed by atoms with Gasteiger partial charge in [-0.05, 0) is 26.0 Å². The molecular formula is C14H15N3O3. The Morgan fingerprint density at radius 1 is 1.25 bits per heavy atom. The van der Waals surface area contributed by atoms with Crippen molar-refractivity contribution < 1.29 is 14.7 Å². The van der Waals surface area contributed by atoms with Crippen LogP contribution in [-0.4, -0.2) is 28.1 Å².